The van der Waals surface area contributed by atoms with Gasteiger partial charge in [0.2, 0.25) is 0 Å². The third-order valence-electron chi connectivity index (χ3n) is 6.09. The first kappa shape index (κ1) is 22.0. The minimum absolute atomic E-state index is 0.0455. The lowest BCUT2D eigenvalue weighted by Crippen LogP contribution is -2.38. The van der Waals surface area contributed by atoms with E-state index in [4.69, 9.17) is 5.73 Å². The molecule has 1 saturated heterocycles. The van der Waals surface area contributed by atoms with E-state index in [0.717, 1.165) is 16.9 Å². The maximum atomic E-state index is 13.7. The van der Waals surface area contributed by atoms with E-state index in [9.17, 15) is 13.6 Å². The fraction of sp³-hybridized carbons (Fsp3) is 0.304. The van der Waals surface area contributed by atoms with E-state index in [1.165, 1.54) is 4.90 Å². The third kappa shape index (κ3) is 3.98. The average molecular weight is 466 g/mol. The highest BCUT2D eigenvalue weighted by Crippen LogP contribution is 2.32. The Kier molecular flexibility index (Phi) is 5.28. The van der Waals surface area contributed by atoms with E-state index in [0.29, 0.717) is 17.1 Å². The summed E-state index contributed by atoms with van der Waals surface area (Å²) in [5.74, 6) is -3.37. The number of likely N-dealkylation sites (N-methyl/N-ethyl adjacent to an activating group) is 1. The monoisotopic (exact) mass is 466 g/mol. The molecule has 4 aromatic rings. The molecule has 1 aliphatic rings. The molecular formula is C23H24F2N8O. The number of carbonyl (C=O) groups is 1. The van der Waals surface area contributed by atoms with Gasteiger partial charge in [-0.1, -0.05) is 0 Å². The maximum absolute atomic E-state index is 13.7. The molecule has 0 radical (unpaired) electrons. The Morgan fingerprint density at radius 3 is 2.82 bits per heavy atom. The van der Waals surface area contributed by atoms with Gasteiger partial charge in [-0.3, -0.25) is 9.69 Å². The number of nitrogens with zero attached hydrogens (tertiary/aromatic N) is 5. The van der Waals surface area contributed by atoms with Gasteiger partial charge in [-0.15, -0.1) is 0 Å². The average Bonchev–Trinajstić information content (AvgIpc) is 3.51. The van der Waals surface area contributed by atoms with Crippen LogP contribution in [-0.2, 0) is 0 Å². The summed E-state index contributed by atoms with van der Waals surface area (Å²) in [5.41, 5.74) is 10.2. The van der Waals surface area contributed by atoms with Gasteiger partial charge in [-0.05, 0) is 38.2 Å². The summed E-state index contributed by atoms with van der Waals surface area (Å²) in [4.78, 5) is 31.0. The summed E-state index contributed by atoms with van der Waals surface area (Å²) in [6.45, 7) is 1.66. The highest BCUT2D eigenvalue weighted by atomic mass is 19.3. The Morgan fingerprint density at radius 1 is 1.29 bits per heavy atom. The van der Waals surface area contributed by atoms with Crippen molar-refractivity contribution in [3.05, 3.63) is 54.2 Å². The van der Waals surface area contributed by atoms with Crippen LogP contribution in [0.5, 0.6) is 0 Å². The van der Waals surface area contributed by atoms with Gasteiger partial charge in [0.05, 0.1) is 12.2 Å². The van der Waals surface area contributed by atoms with Crippen LogP contribution in [0.25, 0.3) is 28.3 Å². The molecule has 5 rings (SSSR count). The topological polar surface area (TPSA) is 117 Å². The van der Waals surface area contributed by atoms with Gasteiger partial charge in [0.25, 0.3) is 11.8 Å². The number of aromatic nitrogens is 5. The molecule has 9 nitrogen and oxygen atoms in total. The van der Waals surface area contributed by atoms with Gasteiger partial charge >= 0.3 is 0 Å². The standard InChI is InChI=1S/C23H24F2N8O/c1-13-9-28-17-6-5-14(11-33(13)17)18-19(16-4-3-7-27-16)31-21(26)20(30-18)22(34)29-10-15-8-23(24,25)12-32(15)2/h3-7,9,11,15,27H,8,10,12H2,1-2H3,(H2,26,31)(H,29,34)/t15-/m0/s1. The van der Waals surface area contributed by atoms with Crippen LogP contribution in [0.3, 0.4) is 0 Å². The SMILES string of the molecule is Cc1cnc2ccc(-c3nc(C(=O)NC[C@@H]4CC(F)(F)CN4C)c(N)nc3-c3ccc[nH]3)cn12. The number of carbonyl (C=O) groups excluding carboxylic acids is 1. The number of amides is 1. The normalized spacial score (nSPS) is 17.9. The number of halogens is 2. The van der Waals surface area contributed by atoms with E-state index in [1.807, 2.05) is 41.8 Å². The predicted molar refractivity (Wildman–Crippen MR) is 123 cm³/mol. The molecular weight excluding hydrogens is 442 g/mol. The van der Waals surface area contributed by atoms with Crippen molar-refractivity contribution in [1.29, 1.82) is 0 Å². The van der Waals surface area contributed by atoms with Gasteiger partial charge in [-0.25, -0.2) is 23.7 Å². The van der Waals surface area contributed by atoms with E-state index in [1.54, 1.807) is 19.4 Å². The van der Waals surface area contributed by atoms with E-state index >= 15 is 0 Å². The number of nitrogens with two attached hydrogens (primary N) is 1. The Bertz CT molecular complexity index is 1370. The Morgan fingerprint density at radius 2 is 2.12 bits per heavy atom. The summed E-state index contributed by atoms with van der Waals surface area (Å²) in [6.07, 6.45) is 5.09. The third-order valence-corrected chi connectivity index (χ3v) is 6.09. The van der Waals surface area contributed by atoms with Crippen LogP contribution >= 0.6 is 0 Å². The first-order valence-electron chi connectivity index (χ1n) is 10.8. The smallest absolute Gasteiger partial charge is 0.273 e. The molecule has 176 valence electrons. The molecule has 1 amide bonds. The fourth-order valence-corrected chi connectivity index (χ4v) is 4.31. The van der Waals surface area contributed by atoms with Gasteiger partial charge in [0, 0.05) is 48.9 Å². The molecule has 5 heterocycles. The van der Waals surface area contributed by atoms with E-state index in [2.05, 4.69) is 25.3 Å². The van der Waals surface area contributed by atoms with Gasteiger partial charge < -0.3 is 20.4 Å². The number of fused-ring (bicyclic) bond motifs is 1. The molecule has 1 aliphatic heterocycles. The number of hydrogen-bond donors (Lipinski definition) is 3. The summed E-state index contributed by atoms with van der Waals surface area (Å²) >= 11 is 0. The predicted octanol–water partition coefficient (Wildman–Crippen LogP) is 2.75. The lowest BCUT2D eigenvalue weighted by Gasteiger charge is -2.19. The molecule has 0 bridgehead atoms. The highest BCUT2D eigenvalue weighted by Gasteiger charge is 2.43. The van der Waals surface area contributed by atoms with Crippen molar-refractivity contribution in [2.45, 2.75) is 25.3 Å². The highest BCUT2D eigenvalue weighted by molar-refractivity contribution is 5.98. The minimum atomic E-state index is -2.77. The Hall–Kier alpha value is -3.86. The number of nitrogens with one attached hydrogen (secondary N) is 2. The van der Waals surface area contributed by atoms with Gasteiger partial charge in [-0.2, -0.15) is 0 Å². The number of aromatic amines is 1. The quantitative estimate of drug-likeness (QED) is 0.416. The van der Waals surface area contributed by atoms with Crippen molar-refractivity contribution in [2.24, 2.45) is 0 Å². The zero-order chi connectivity index (χ0) is 24.0. The van der Waals surface area contributed by atoms with Crippen LogP contribution in [0, 0.1) is 6.92 Å². The van der Waals surface area contributed by atoms with Gasteiger partial charge in [0.15, 0.2) is 11.5 Å². The van der Waals surface area contributed by atoms with Crippen LogP contribution in [0.1, 0.15) is 22.6 Å². The number of hydrogen-bond acceptors (Lipinski definition) is 6. The molecule has 11 heteroatoms. The number of nitrogen functional groups attached to an aromatic ring is 1. The van der Waals surface area contributed by atoms with E-state index < -0.39 is 17.9 Å². The second-order valence-corrected chi connectivity index (χ2v) is 8.62. The molecule has 0 saturated carbocycles. The summed E-state index contributed by atoms with van der Waals surface area (Å²) < 4.78 is 29.3. The largest absolute Gasteiger partial charge is 0.382 e. The van der Waals surface area contributed by atoms with Crippen molar-refractivity contribution in [1.82, 2.24) is 34.6 Å². The maximum Gasteiger partial charge on any atom is 0.273 e. The molecule has 4 aromatic heterocycles. The lowest BCUT2D eigenvalue weighted by molar-refractivity contribution is 0.0140. The lowest BCUT2D eigenvalue weighted by atomic mass is 10.1. The minimum Gasteiger partial charge on any atom is -0.382 e. The second-order valence-electron chi connectivity index (χ2n) is 8.62. The first-order valence-corrected chi connectivity index (χ1v) is 10.8. The zero-order valence-corrected chi connectivity index (χ0v) is 18.7. The van der Waals surface area contributed by atoms with Crippen LogP contribution in [-0.4, -0.2) is 67.2 Å². The number of anilines is 1. The van der Waals surface area contributed by atoms with Gasteiger partial charge in [0.1, 0.15) is 17.0 Å². The Balaban J connectivity index is 1.51. The van der Waals surface area contributed by atoms with Crippen LogP contribution in [0.4, 0.5) is 14.6 Å². The number of H-pyrrole nitrogens is 1. The summed E-state index contributed by atoms with van der Waals surface area (Å²) in [5, 5.41) is 2.70. The number of imidazole rings is 1. The van der Waals surface area contributed by atoms with Crippen molar-refractivity contribution >= 4 is 17.4 Å². The molecule has 4 N–H and O–H groups in total. The van der Waals surface area contributed by atoms with Crippen molar-refractivity contribution < 1.29 is 13.6 Å². The second kappa shape index (κ2) is 8.17. The Labute approximate surface area is 194 Å². The van der Waals surface area contributed by atoms with Crippen molar-refractivity contribution in [3.8, 4) is 22.6 Å². The first-order chi connectivity index (χ1) is 16.2. The molecule has 0 unspecified atom stereocenters. The number of rotatable bonds is 5. The van der Waals surface area contributed by atoms with Crippen molar-refractivity contribution in [2.75, 3.05) is 25.9 Å². The summed E-state index contributed by atoms with van der Waals surface area (Å²) in [6, 6.07) is 6.90. The molecule has 1 fully saturated rings. The number of alkyl halides is 2. The number of aryl methyl sites for hydroxylation is 1. The number of pyridine rings is 1. The molecule has 0 spiro atoms. The number of likely N-dealkylation sites (tertiary alicyclic amines) is 1. The van der Waals surface area contributed by atoms with Crippen LogP contribution in [0.2, 0.25) is 0 Å². The zero-order valence-electron chi connectivity index (χ0n) is 18.7. The molecule has 1 atom stereocenters. The van der Waals surface area contributed by atoms with Crippen molar-refractivity contribution in [3.63, 3.8) is 0 Å². The molecule has 34 heavy (non-hydrogen) atoms. The molecule has 0 aromatic carbocycles. The van der Waals surface area contributed by atoms with Crippen LogP contribution < -0.4 is 11.1 Å². The van der Waals surface area contributed by atoms with Crippen LogP contribution in [0.15, 0.2) is 42.9 Å². The van der Waals surface area contributed by atoms with E-state index in [-0.39, 0.29) is 31.0 Å². The fourth-order valence-electron chi connectivity index (χ4n) is 4.31. The molecule has 0 aliphatic carbocycles. The summed E-state index contributed by atoms with van der Waals surface area (Å²) in [7, 11) is 1.61.